The number of amides is 1. The van der Waals surface area contributed by atoms with Crippen LogP contribution in [-0.4, -0.2) is 37.3 Å². The van der Waals surface area contributed by atoms with Gasteiger partial charge in [0.05, 0.1) is 6.20 Å². The van der Waals surface area contributed by atoms with Gasteiger partial charge in [-0.05, 0) is 30.0 Å². The molecular formula is C21H25N5O4. The van der Waals surface area contributed by atoms with Crippen LogP contribution >= 0.6 is 0 Å². The third-order valence-electron chi connectivity index (χ3n) is 4.71. The smallest absolute Gasteiger partial charge is 0.326 e. The summed E-state index contributed by atoms with van der Waals surface area (Å²) in [4.78, 5) is 41.1. The highest BCUT2D eigenvalue weighted by Crippen LogP contribution is 2.23. The van der Waals surface area contributed by atoms with Gasteiger partial charge in [0.25, 0.3) is 11.5 Å². The maximum absolute atomic E-state index is 12.4. The molecule has 2 aromatic heterocycles. The van der Waals surface area contributed by atoms with Crippen LogP contribution in [0.3, 0.4) is 0 Å². The van der Waals surface area contributed by atoms with E-state index >= 15 is 0 Å². The summed E-state index contributed by atoms with van der Waals surface area (Å²) in [5.41, 5.74) is 1.79. The van der Waals surface area contributed by atoms with Crippen molar-refractivity contribution >= 4 is 28.6 Å². The van der Waals surface area contributed by atoms with Crippen LogP contribution in [0.25, 0.3) is 11.0 Å². The summed E-state index contributed by atoms with van der Waals surface area (Å²) in [7, 11) is 1.67. The lowest BCUT2D eigenvalue weighted by molar-refractivity contribution is -0.153. The molecule has 1 N–H and O–H groups in total. The Hall–Kier alpha value is -3.49. The molecule has 9 nitrogen and oxygen atoms in total. The van der Waals surface area contributed by atoms with E-state index in [0.29, 0.717) is 16.7 Å². The predicted molar refractivity (Wildman–Crippen MR) is 112 cm³/mol. The Morgan fingerprint density at radius 2 is 1.87 bits per heavy atom. The fraction of sp³-hybridized carbons (Fsp3) is 0.381. The lowest BCUT2D eigenvalue weighted by Gasteiger charge is -2.19. The second kappa shape index (κ2) is 8.10. The number of esters is 1. The topological polar surface area (TPSA) is 108 Å². The van der Waals surface area contributed by atoms with Gasteiger partial charge in [0.2, 0.25) is 0 Å². The summed E-state index contributed by atoms with van der Waals surface area (Å²) >= 11 is 0. The van der Waals surface area contributed by atoms with Gasteiger partial charge in [0.15, 0.2) is 11.8 Å². The Morgan fingerprint density at radius 3 is 2.50 bits per heavy atom. The molecule has 30 heavy (non-hydrogen) atoms. The highest BCUT2D eigenvalue weighted by molar-refractivity contribution is 5.95. The summed E-state index contributed by atoms with van der Waals surface area (Å²) in [6, 6.07) is 7.50. The number of aromatic nitrogens is 4. The molecule has 0 bridgehead atoms. The molecule has 0 spiro atoms. The molecule has 3 rings (SSSR count). The molecule has 1 atom stereocenters. The molecule has 0 saturated carbocycles. The Labute approximate surface area is 173 Å². The number of benzene rings is 1. The molecule has 1 amide bonds. The molecule has 3 aromatic rings. The molecule has 0 saturated heterocycles. The minimum Gasteiger partial charge on any atom is -0.451 e. The van der Waals surface area contributed by atoms with Crippen molar-refractivity contribution in [3.63, 3.8) is 0 Å². The van der Waals surface area contributed by atoms with Crippen LogP contribution in [0.15, 0.2) is 41.6 Å². The molecule has 0 aliphatic rings. The van der Waals surface area contributed by atoms with Gasteiger partial charge < -0.3 is 10.1 Å². The van der Waals surface area contributed by atoms with Gasteiger partial charge in [0, 0.05) is 12.7 Å². The molecule has 0 fully saturated rings. The summed E-state index contributed by atoms with van der Waals surface area (Å²) in [5, 5.41) is 7.00. The monoisotopic (exact) mass is 411 g/mol. The first-order valence-electron chi connectivity index (χ1n) is 9.54. The number of anilines is 1. The third-order valence-corrected chi connectivity index (χ3v) is 4.71. The molecule has 1 unspecified atom stereocenters. The van der Waals surface area contributed by atoms with Crippen LogP contribution in [0.5, 0.6) is 0 Å². The SMILES string of the molecule is CC(OC(=O)Cn1cnc2c(cnn2C)c1=O)C(=O)Nc1ccc(C(C)(C)C)cc1. The number of aryl methyl sites for hydroxylation is 1. The number of hydrogen-bond donors (Lipinski definition) is 1. The fourth-order valence-corrected chi connectivity index (χ4v) is 2.90. The van der Waals surface area contributed by atoms with Crippen molar-refractivity contribution in [3.05, 3.63) is 52.7 Å². The van der Waals surface area contributed by atoms with Crippen molar-refractivity contribution in [2.24, 2.45) is 7.05 Å². The number of rotatable bonds is 5. The van der Waals surface area contributed by atoms with Crippen molar-refractivity contribution in [1.29, 1.82) is 0 Å². The van der Waals surface area contributed by atoms with Gasteiger partial charge in [-0.25, -0.2) is 4.98 Å². The number of carbonyl (C=O) groups is 2. The van der Waals surface area contributed by atoms with Gasteiger partial charge in [-0.2, -0.15) is 5.10 Å². The van der Waals surface area contributed by atoms with E-state index in [-0.39, 0.29) is 12.0 Å². The zero-order valence-electron chi connectivity index (χ0n) is 17.7. The Balaban J connectivity index is 1.60. The Kier molecular flexibility index (Phi) is 5.73. The van der Waals surface area contributed by atoms with E-state index in [4.69, 9.17) is 4.74 Å². The average molecular weight is 411 g/mol. The number of nitrogens with zero attached hydrogens (tertiary/aromatic N) is 4. The number of hydrogen-bond acceptors (Lipinski definition) is 6. The van der Waals surface area contributed by atoms with Gasteiger partial charge in [-0.3, -0.25) is 23.6 Å². The fourth-order valence-electron chi connectivity index (χ4n) is 2.90. The molecule has 0 radical (unpaired) electrons. The molecule has 2 heterocycles. The summed E-state index contributed by atoms with van der Waals surface area (Å²) in [5.74, 6) is -1.17. The van der Waals surface area contributed by atoms with Crippen LogP contribution in [0.1, 0.15) is 33.3 Å². The quantitative estimate of drug-likeness (QED) is 0.644. The molecule has 158 valence electrons. The van der Waals surface area contributed by atoms with Crippen molar-refractivity contribution in [1.82, 2.24) is 19.3 Å². The number of fused-ring (bicyclic) bond motifs is 1. The lowest BCUT2D eigenvalue weighted by Crippen LogP contribution is -2.33. The zero-order valence-corrected chi connectivity index (χ0v) is 17.7. The number of ether oxygens (including phenoxy) is 1. The van der Waals surface area contributed by atoms with E-state index in [1.165, 1.54) is 24.1 Å². The van der Waals surface area contributed by atoms with Gasteiger partial charge in [0.1, 0.15) is 18.3 Å². The van der Waals surface area contributed by atoms with Gasteiger partial charge >= 0.3 is 5.97 Å². The number of nitrogens with one attached hydrogen (secondary N) is 1. The normalized spacial score (nSPS) is 12.6. The molecule has 1 aromatic carbocycles. The van der Waals surface area contributed by atoms with E-state index in [1.807, 2.05) is 12.1 Å². The summed E-state index contributed by atoms with van der Waals surface area (Å²) in [6.45, 7) is 7.44. The Morgan fingerprint density at radius 1 is 1.20 bits per heavy atom. The van der Waals surface area contributed by atoms with Crippen LogP contribution in [0, 0.1) is 0 Å². The Bertz CT molecular complexity index is 1140. The third kappa shape index (κ3) is 4.56. The van der Waals surface area contributed by atoms with E-state index in [2.05, 4.69) is 36.2 Å². The van der Waals surface area contributed by atoms with Gasteiger partial charge in [-0.1, -0.05) is 32.9 Å². The average Bonchev–Trinajstić information content (AvgIpc) is 3.05. The largest absolute Gasteiger partial charge is 0.451 e. The van der Waals surface area contributed by atoms with Crippen molar-refractivity contribution < 1.29 is 14.3 Å². The minimum absolute atomic E-state index is 0.0110. The highest BCUT2D eigenvalue weighted by Gasteiger charge is 2.20. The standard InChI is InChI=1S/C21H25N5O4/c1-13(19(28)24-15-8-6-14(7-9-15)21(2,3)4)30-17(27)11-26-12-22-18-16(20(26)29)10-23-25(18)5/h6-10,12-13H,11H2,1-5H3,(H,24,28). The predicted octanol–water partition coefficient (Wildman–Crippen LogP) is 2.00. The second-order valence-electron chi connectivity index (χ2n) is 8.13. The molecule has 0 aliphatic carbocycles. The number of carbonyl (C=O) groups excluding carboxylic acids is 2. The first kappa shape index (κ1) is 21.2. The molecule has 9 heteroatoms. The summed E-state index contributed by atoms with van der Waals surface area (Å²) in [6.07, 6.45) is 1.63. The highest BCUT2D eigenvalue weighted by atomic mass is 16.5. The van der Waals surface area contributed by atoms with Crippen LogP contribution in [-0.2, 0) is 33.3 Å². The molecule has 0 aliphatic heterocycles. The maximum atomic E-state index is 12.4. The van der Waals surface area contributed by atoms with Gasteiger partial charge in [-0.15, -0.1) is 0 Å². The first-order valence-corrected chi connectivity index (χ1v) is 9.54. The maximum Gasteiger partial charge on any atom is 0.326 e. The summed E-state index contributed by atoms with van der Waals surface area (Å²) < 4.78 is 7.78. The lowest BCUT2D eigenvalue weighted by atomic mass is 9.87. The van der Waals surface area contributed by atoms with E-state index in [9.17, 15) is 14.4 Å². The first-order chi connectivity index (χ1) is 14.1. The second-order valence-corrected chi connectivity index (χ2v) is 8.13. The van der Waals surface area contributed by atoms with Crippen LogP contribution in [0.2, 0.25) is 0 Å². The van der Waals surface area contributed by atoms with E-state index in [1.54, 1.807) is 19.2 Å². The zero-order chi connectivity index (χ0) is 22.1. The van der Waals surface area contributed by atoms with Crippen molar-refractivity contribution in [3.8, 4) is 0 Å². The minimum atomic E-state index is -1.02. The van der Waals surface area contributed by atoms with Crippen molar-refractivity contribution in [2.75, 3.05) is 5.32 Å². The van der Waals surface area contributed by atoms with E-state index in [0.717, 1.165) is 10.1 Å². The van der Waals surface area contributed by atoms with E-state index < -0.39 is 23.5 Å². The van der Waals surface area contributed by atoms with Crippen LogP contribution < -0.4 is 10.9 Å². The van der Waals surface area contributed by atoms with Crippen molar-refractivity contribution in [2.45, 2.75) is 45.8 Å². The molecular weight excluding hydrogens is 386 g/mol. The van der Waals surface area contributed by atoms with Crippen LogP contribution in [0.4, 0.5) is 5.69 Å².